The second kappa shape index (κ2) is 34.1. The van der Waals surface area contributed by atoms with Crippen molar-refractivity contribution in [3.63, 3.8) is 0 Å². The average Bonchev–Trinajstić information content (AvgIpc) is 3.32. The largest absolute Gasteiger partial charge is 0.491 e. The standard InChI is InChI=1S/C58H92N6O4/c1-9-13-17-21-25-47(5)65-55-29-33-59-51(39-55)43-63(44-52-40-56(30-34-60-52)66-48(6)26-22-18-14-10-2)37-38-64(45-53-41-57(31-35-61-53)67-49(7)27-23-19-15-11-3)46-54-42-58(32-36-62-54)68-50(8)28-24-20-16-12-4/h29-36,39-42,47-50H,9-28,37-38,43-46H2,1-8H3. The highest BCUT2D eigenvalue weighted by atomic mass is 16.5. The van der Waals surface area contributed by atoms with Gasteiger partial charge in [-0.2, -0.15) is 0 Å². The van der Waals surface area contributed by atoms with Crippen LogP contribution < -0.4 is 18.9 Å². The van der Waals surface area contributed by atoms with Crippen molar-refractivity contribution in [2.24, 2.45) is 0 Å². The van der Waals surface area contributed by atoms with Crippen molar-refractivity contribution in [2.45, 2.75) is 234 Å². The van der Waals surface area contributed by atoms with Crippen LogP contribution in [0.15, 0.2) is 73.3 Å². The first-order valence-electron chi connectivity index (χ1n) is 27.1. The summed E-state index contributed by atoms with van der Waals surface area (Å²) in [6.07, 6.45) is 32.0. The minimum atomic E-state index is 0.144. The van der Waals surface area contributed by atoms with E-state index in [1.54, 1.807) is 0 Å². The third-order valence-corrected chi connectivity index (χ3v) is 12.6. The highest BCUT2D eigenvalue weighted by molar-refractivity contribution is 5.26. The summed E-state index contributed by atoms with van der Waals surface area (Å²) in [5.41, 5.74) is 3.86. The van der Waals surface area contributed by atoms with Gasteiger partial charge in [0, 0.05) is 88.3 Å². The summed E-state index contributed by atoms with van der Waals surface area (Å²) in [5, 5.41) is 0. The molecule has 0 bridgehead atoms. The molecule has 0 spiro atoms. The Morgan fingerprint density at radius 1 is 0.353 bits per heavy atom. The molecule has 0 aromatic carbocycles. The third kappa shape index (κ3) is 24.3. The molecule has 4 unspecified atom stereocenters. The molecule has 0 radical (unpaired) electrons. The molecule has 4 aromatic rings. The van der Waals surface area contributed by atoms with Crippen LogP contribution in [0.3, 0.4) is 0 Å². The molecule has 0 fully saturated rings. The Morgan fingerprint density at radius 2 is 0.588 bits per heavy atom. The number of pyridine rings is 4. The predicted molar refractivity (Wildman–Crippen MR) is 281 cm³/mol. The number of hydrogen-bond donors (Lipinski definition) is 0. The first kappa shape index (κ1) is 56.3. The maximum Gasteiger partial charge on any atom is 0.123 e. The van der Waals surface area contributed by atoms with Crippen LogP contribution >= 0.6 is 0 Å². The van der Waals surface area contributed by atoms with Crippen LogP contribution in [0, 0.1) is 0 Å². The molecular weight excluding hydrogens is 845 g/mol. The van der Waals surface area contributed by atoms with Crippen LogP contribution in [0.4, 0.5) is 0 Å². The van der Waals surface area contributed by atoms with Crippen molar-refractivity contribution in [3.8, 4) is 23.0 Å². The summed E-state index contributed by atoms with van der Waals surface area (Å²) >= 11 is 0. The van der Waals surface area contributed by atoms with Crippen molar-refractivity contribution in [1.82, 2.24) is 29.7 Å². The predicted octanol–water partition coefficient (Wildman–Crippen LogP) is 14.9. The molecule has 378 valence electrons. The summed E-state index contributed by atoms with van der Waals surface area (Å²) in [6.45, 7) is 21.7. The minimum Gasteiger partial charge on any atom is -0.491 e. The molecule has 0 saturated heterocycles. The highest BCUT2D eigenvalue weighted by Crippen LogP contribution is 2.23. The lowest BCUT2D eigenvalue weighted by molar-refractivity contribution is 0.175. The summed E-state index contributed by atoms with van der Waals surface area (Å²) in [7, 11) is 0. The van der Waals surface area contributed by atoms with Gasteiger partial charge in [0.05, 0.1) is 47.2 Å². The first-order valence-corrected chi connectivity index (χ1v) is 27.1. The molecule has 0 aliphatic heterocycles. The van der Waals surface area contributed by atoms with Gasteiger partial charge in [-0.15, -0.1) is 0 Å². The lowest BCUT2D eigenvalue weighted by Gasteiger charge is -2.28. The Kier molecular flexibility index (Phi) is 28.2. The number of hydrogen-bond acceptors (Lipinski definition) is 10. The van der Waals surface area contributed by atoms with E-state index in [2.05, 4.69) is 89.5 Å². The molecule has 4 atom stereocenters. The number of nitrogens with zero attached hydrogens (tertiary/aromatic N) is 6. The lowest BCUT2D eigenvalue weighted by Crippen LogP contribution is -2.35. The molecule has 68 heavy (non-hydrogen) atoms. The van der Waals surface area contributed by atoms with E-state index in [1.807, 2.05) is 49.1 Å². The van der Waals surface area contributed by atoms with Crippen LogP contribution in [0.25, 0.3) is 0 Å². The van der Waals surface area contributed by atoms with E-state index in [4.69, 9.17) is 38.9 Å². The molecule has 0 aliphatic carbocycles. The second-order valence-corrected chi connectivity index (χ2v) is 19.5. The summed E-state index contributed by atoms with van der Waals surface area (Å²) in [4.78, 5) is 24.4. The molecule has 10 nitrogen and oxygen atoms in total. The van der Waals surface area contributed by atoms with Crippen LogP contribution in [0.2, 0.25) is 0 Å². The Labute approximate surface area is 413 Å². The van der Waals surface area contributed by atoms with Crippen LogP contribution in [-0.4, -0.2) is 67.2 Å². The van der Waals surface area contributed by atoms with E-state index >= 15 is 0 Å². The van der Waals surface area contributed by atoms with Gasteiger partial charge >= 0.3 is 0 Å². The van der Waals surface area contributed by atoms with E-state index in [0.29, 0.717) is 26.2 Å². The number of ether oxygens (including phenoxy) is 4. The fourth-order valence-corrected chi connectivity index (χ4v) is 8.69. The van der Waals surface area contributed by atoms with Gasteiger partial charge in [-0.3, -0.25) is 29.7 Å². The van der Waals surface area contributed by atoms with Gasteiger partial charge in [0.2, 0.25) is 0 Å². The van der Waals surface area contributed by atoms with Gasteiger partial charge in [-0.25, -0.2) is 0 Å². The molecule has 0 amide bonds. The van der Waals surface area contributed by atoms with Gasteiger partial charge in [-0.1, -0.05) is 105 Å². The molecule has 4 aromatic heterocycles. The van der Waals surface area contributed by atoms with Crippen molar-refractivity contribution in [3.05, 3.63) is 96.1 Å². The minimum absolute atomic E-state index is 0.144. The third-order valence-electron chi connectivity index (χ3n) is 12.6. The van der Waals surface area contributed by atoms with Gasteiger partial charge in [-0.05, 0) is 103 Å². The smallest absolute Gasteiger partial charge is 0.123 e. The first-order chi connectivity index (χ1) is 33.2. The molecule has 4 heterocycles. The van der Waals surface area contributed by atoms with Crippen molar-refractivity contribution in [2.75, 3.05) is 13.1 Å². The van der Waals surface area contributed by atoms with E-state index in [-0.39, 0.29) is 24.4 Å². The van der Waals surface area contributed by atoms with Crippen LogP contribution in [0.1, 0.15) is 207 Å². The Bertz CT molecular complexity index is 1630. The van der Waals surface area contributed by atoms with Gasteiger partial charge in [0.15, 0.2) is 0 Å². The SMILES string of the molecule is CCCCCCC(C)Oc1ccnc(CN(CCN(Cc2cc(OC(C)CCCCCC)ccn2)Cc2cc(OC(C)CCCCCC)ccn2)Cc2cc(OC(C)CCCCCC)ccn2)c1. The van der Waals surface area contributed by atoms with Gasteiger partial charge in [0.25, 0.3) is 0 Å². The number of aromatic nitrogens is 4. The van der Waals surface area contributed by atoms with Crippen molar-refractivity contribution >= 4 is 0 Å². The van der Waals surface area contributed by atoms with Gasteiger partial charge in [0.1, 0.15) is 23.0 Å². The summed E-state index contributed by atoms with van der Waals surface area (Å²) < 4.78 is 25.8. The lowest BCUT2D eigenvalue weighted by atomic mass is 10.1. The van der Waals surface area contributed by atoms with E-state index in [0.717, 1.165) is 84.5 Å². The quantitative estimate of drug-likeness (QED) is 0.0403. The van der Waals surface area contributed by atoms with E-state index in [1.165, 1.54) is 103 Å². The fourth-order valence-electron chi connectivity index (χ4n) is 8.69. The Morgan fingerprint density at radius 3 is 0.809 bits per heavy atom. The van der Waals surface area contributed by atoms with Crippen LogP contribution in [0.5, 0.6) is 23.0 Å². The normalized spacial score (nSPS) is 13.4. The molecule has 10 heteroatoms. The fraction of sp³-hybridized carbons (Fsp3) is 0.655. The van der Waals surface area contributed by atoms with Gasteiger partial charge < -0.3 is 18.9 Å². The maximum absolute atomic E-state index is 6.46. The summed E-state index contributed by atoms with van der Waals surface area (Å²) in [6, 6.07) is 16.4. The maximum atomic E-state index is 6.46. The molecule has 0 saturated carbocycles. The van der Waals surface area contributed by atoms with E-state index < -0.39 is 0 Å². The average molecular weight is 937 g/mol. The zero-order valence-electron chi connectivity index (χ0n) is 43.9. The topological polar surface area (TPSA) is 95.0 Å². The van der Waals surface area contributed by atoms with Crippen molar-refractivity contribution in [1.29, 1.82) is 0 Å². The highest BCUT2D eigenvalue weighted by Gasteiger charge is 2.18. The van der Waals surface area contributed by atoms with Crippen LogP contribution in [-0.2, 0) is 26.2 Å². The van der Waals surface area contributed by atoms with E-state index in [9.17, 15) is 0 Å². The number of rotatable bonds is 39. The molecule has 0 N–H and O–H groups in total. The second-order valence-electron chi connectivity index (χ2n) is 19.5. The van der Waals surface area contributed by atoms with Crippen molar-refractivity contribution < 1.29 is 18.9 Å². The number of unbranched alkanes of at least 4 members (excludes halogenated alkanes) is 12. The summed E-state index contributed by atoms with van der Waals surface area (Å²) in [5.74, 6) is 3.47. The Hall–Kier alpha value is -4.28. The molecular formula is C58H92N6O4. The zero-order chi connectivity index (χ0) is 48.6. The Balaban J connectivity index is 1.57. The molecule has 0 aliphatic rings. The zero-order valence-corrected chi connectivity index (χ0v) is 43.9. The monoisotopic (exact) mass is 937 g/mol. The molecule has 4 rings (SSSR count).